The molecule has 0 N–H and O–H groups in total. The van der Waals surface area contributed by atoms with Gasteiger partial charge in [-0.05, 0) is 43.4 Å². The molecule has 0 aromatic heterocycles. The minimum Gasteiger partial charge on any atom is -0.206 e. The largest absolute Gasteiger partial charge is 0.289 e. The van der Waals surface area contributed by atoms with Crippen LogP contribution in [0.25, 0.3) is 0 Å². The summed E-state index contributed by atoms with van der Waals surface area (Å²) in [4.78, 5) is 0.0175. The van der Waals surface area contributed by atoms with Gasteiger partial charge in [-0.3, -0.25) is 0 Å². The van der Waals surface area contributed by atoms with E-state index in [1.807, 2.05) is 0 Å². The summed E-state index contributed by atoms with van der Waals surface area (Å²) in [6.45, 7) is 2.08. The van der Waals surface area contributed by atoms with E-state index < -0.39 is 11.6 Å². The summed E-state index contributed by atoms with van der Waals surface area (Å²) < 4.78 is 37.6. The van der Waals surface area contributed by atoms with Crippen LogP contribution in [0, 0.1) is 12.2 Å². The molecule has 0 atom stereocenters. The van der Waals surface area contributed by atoms with Gasteiger partial charge in [0.15, 0.2) is 0 Å². The zero-order valence-electron chi connectivity index (χ0n) is 9.76. The Balaban J connectivity index is 2.50. The number of thioether (sulfide) groups is 1. The molecule has 0 spiro atoms. The minimum absolute atomic E-state index is 0.0175. The fraction of sp³-hybridized carbons (Fsp3) is 0.462. The van der Waals surface area contributed by atoms with Crippen LogP contribution in [-0.2, 0) is 6.42 Å². The second-order valence-corrected chi connectivity index (χ2v) is 4.76. The van der Waals surface area contributed by atoms with E-state index in [0.717, 1.165) is 31.2 Å². The molecule has 0 aliphatic heterocycles. The van der Waals surface area contributed by atoms with Gasteiger partial charge in [-0.25, -0.2) is 4.39 Å². The Morgan fingerprint density at radius 1 is 1.35 bits per heavy atom. The van der Waals surface area contributed by atoms with Crippen molar-refractivity contribution >= 4 is 11.8 Å². The molecule has 0 amide bonds. The molecule has 4 heteroatoms. The van der Waals surface area contributed by atoms with Crippen LogP contribution in [0.2, 0.25) is 0 Å². The van der Waals surface area contributed by atoms with Gasteiger partial charge in [0.2, 0.25) is 0 Å². The number of hydrogen-bond acceptors (Lipinski definition) is 1. The van der Waals surface area contributed by atoms with Crippen molar-refractivity contribution in [2.24, 2.45) is 0 Å². The summed E-state index contributed by atoms with van der Waals surface area (Å²) in [6.07, 6.45) is 5.98. The number of aryl methyl sites for hydroxylation is 1. The van der Waals surface area contributed by atoms with Gasteiger partial charge in [-0.2, -0.15) is 8.78 Å². The maximum Gasteiger partial charge on any atom is 0.289 e. The first-order valence-corrected chi connectivity index (χ1v) is 6.56. The van der Waals surface area contributed by atoms with Gasteiger partial charge in [0, 0.05) is 4.90 Å². The van der Waals surface area contributed by atoms with Gasteiger partial charge >= 0.3 is 0 Å². The molecule has 0 unspecified atom stereocenters. The van der Waals surface area contributed by atoms with E-state index in [0.29, 0.717) is 0 Å². The van der Waals surface area contributed by atoms with Crippen LogP contribution < -0.4 is 0 Å². The highest BCUT2D eigenvalue weighted by Crippen LogP contribution is 2.28. The Morgan fingerprint density at radius 2 is 2.12 bits per heavy atom. The lowest BCUT2D eigenvalue weighted by Gasteiger charge is -2.05. The van der Waals surface area contributed by atoms with E-state index in [9.17, 15) is 13.2 Å². The van der Waals surface area contributed by atoms with E-state index in [-0.39, 0.29) is 16.7 Å². The lowest BCUT2D eigenvalue weighted by atomic mass is 10.1. The van der Waals surface area contributed by atoms with Crippen LogP contribution in [0.5, 0.6) is 0 Å². The van der Waals surface area contributed by atoms with E-state index >= 15 is 0 Å². The Hall–Kier alpha value is -0.640. The van der Waals surface area contributed by atoms with Gasteiger partial charge < -0.3 is 0 Å². The molecule has 0 nitrogen and oxygen atoms in total. The summed E-state index contributed by atoms with van der Waals surface area (Å²) in [6, 6.07) is 4.52. The molecule has 0 saturated carbocycles. The second kappa shape index (κ2) is 7.64. The SMILES string of the molecule is CC[CH]CCCc1ccc(SC(F)F)c(F)c1. The summed E-state index contributed by atoms with van der Waals surface area (Å²) in [5.74, 6) is -3.12. The number of hydrogen-bond donors (Lipinski definition) is 0. The molecule has 17 heavy (non-hydrogen) atoms. The Bertz CT molecular complexity index is 339. The van der Waals surface area contributed by atoms with Crippen LogP contribution in [0.4, 0.5) is 13.2 Å². The number of alkyl halides is 2. The van der Waals surface area contributed by atoms with Gasteiger partial charge in [0.25, 0.3) is 5.76 Å². The quantitative estimate of drug-likeness (QED) is 0.487. The Kier molecular flexibility index (Phi) is 6.48. The molecular formula is C13H16F3S. The number of halogens is 3. The van der Waals surface area contributed by atoms with Gasteiger partial charge in [0.1, 0.15) is 5.82 Å². The maximum atomic E-state index is 13.4. The normalized spacial score (nSPS) is 11.1. The molecular weight excluding hydrogens is 245 g/mol. The third kappa shape index (κ3) is 5.48. The first-order valence-electron chi connectivity index (χ1n) is 5.68. The van der Waals surface area contributed by atoms with Crippen LogP contribution >= 0.6 is 11.8 Å². The first kappa shape index (κ1) is 14.4. The van der Waals surface area contributed by atoms with Crippen molar-refractivity contribution in [3.63, 3.8) is 0 Å². The zero-order valence-corrected chi connectivity index (χ0v) is 10.6. The van der Waals surface area contributed by atoms with Gasteiger partial charge in [-0.15, -0.1) is 0 Å². The summed E-state index contributed by atoms with van der Waals surface area (Å²) >= 11 is 0.251. The summed E-state index contributed by atoms with van der Waals surface area (Å²) in [7, 11) is 0. The molecule has 95 valence electrons. The van der Waals surface area contributed by atoms with Crippen molar-refractivity contribution in [1.82, 2.24) is 0 Å². The zero-order chi connectivity index (χ0) is 12.7. The average Bonchev–Trinajstić information content (AvgIpc) is 2.27. The Labute approximate surface area is 105 Å². The van der Waals surface area contributed by atoms with E-state index in [2.05, 4.69) is 13.3 Å². The topological polar surface area (TPSA) is 0 Å². The molecule has 0 fully saturated rings. The first-order chi connectivity index (χ1) is 8.13. The molecule has 1 aromatic carbocycles. The van der Waals surface area contributed by atoms with E-state index in [1.165, 1.54) is 12.1 Å². The highest BCUT2D eigenvalue weighted by atomic mass is 32.2. The van der Waals surface area contributed by atoms with E-state index in [4.69, 9.17) is 0 Å². The van der Waals surface area contributed by atoms with Crippen molar-refractivity contribution < 1.29 is 13.2 Å². The third-order valence-corrected chi connectivity index (χ3v) is 3.14. The number of benzene rings is 1. The standard InChI is InChI=1S/C13H16F3S/c1-2-3-4-5-6-10-7-8-12(11(14)9-10)17-13(15)16/h3,7-9,13H,2,4-6H2,1H3. The van der Waals surface area contributed by atoms with Crippen molar-refractivity contribution in [2.75, 3.05) is 0 Å². The highest BCUT2D eigenvalue weighted by Gasteiger charge is 2.10. The van der Waals surface area contributed by atoms with Crippen LogP contribution in [0.1, 0.15) is 31.7 Å². The van der Waals surface area contributed by atoms with E-state index in [1.54, 1.807) is 6.07 Å². The number of unbranched alkanes of at least 4 members (excludes halogenated alkanes) is 3. The van der Waals surface area contributed by atoms with Gasteiger partial charge in [0.05, 0.1) is 0 Å². The number of rotatable bonds is 7. The summed E-state index contributed by atoms with van der Waals surface area (Å²) in [5.41, 5.74) is 0.866. The third-order valence-electron chi connectivity index (χ3n) is 2.37. The smallest absolute Gasteiger partial charge is 0.206 e. The molecule has 0 bridgehead atoms. The predicted octanol–water partition coefficient (Wildman–Crippen LogP) is 5.08. The van der Waals surface area contributed by atoms with Crippen molar-refractivity contribution in [3.05, 3.63) is 36.0 Å². The molecule has 1 aromatic rings. The lowest BCUT2D eigenvalue weighted by Crippen LogP contribution is -1.91. The maximum absolute atomic E-state index is 13.4. The fourth-order valence-electron chi connectivity index (χ4n) is 1.55. The van der Waals surface area contributed by atoms with Gasteiger partial charge in [-0.1, -0.05) is 31.2 Å². The lowest BCUT2D eigenvalue weighted by molar-refractivity contribution is 0.251. The van der Waals surface area contributed by atoms with Crippen molar-refractivity contribution in [1.29, 1.82) is 0 Å². The minimum atomic E-state index is -2.57. The second-order valence-electron chi connectivity index (χ2n) is 3.73. The average molecular weight is 261 g/mol. The van der Waals surface area contributed by atoms with Crippen LogP contribution in [-0.4, -0.2) is 5.76 Å². The fourth-order valence-corrected chi connectivity index (χ4v) is 2.06. The molecule has 0 aliphatic rings. The monoisotopic (exact) mass is 261 g/mol. The Morgan fingerprint density at radius 3 is 2.71 bits per heavy atom. The highest BCUT2D eigenvalue weighted by molar-refractivity contribution is 7.99. The van der Waals surface area contributed by atoms with Crippen molar-refractivity contribution in [2.45, 2.75) is 43.3 Å². The van der Waals surface area contributed by atoms with Crippen LogP contribution in [0.3, 0.4) is 0 Å². The molecule has 0 aliphatic carbocycles. The molecule has 0 saturated heterocycles. The summed E-state index contributed by atoms with van der Waals surface area (Å²) in [5, 5.41) is 0. The van der Waals surface area contributed by atoms with Crippen molar-refractivity contribution in [3.8, 4) is 0 Å². The molecule has 1 rings (SSSR count). The van der Waals surface area contributed by atoms with Crippen LogP contribution in [0.15, 0.2) is 23.1 Å². The molecule has 1 radical (unpaired) electrons. The predicted molar refractivity (Wildman–Crippen MR) is 65.8 cm³/mol. The molecule has 0 heterocycles.